The zero-order chi connectivity index (χ0) is 14.7. The Morgan fingerprint density at radius 3 is 2.86 bits per heavy atom. The van der Waals surface area contributed by atoms with Crippen molar-refractivity contribution in [1.82, 2.24) is 4.98 Å². The highest BCUT2D eigenvalue weighted by atomic mass is 32.1. The fourth-order valence-corrected chi connectivity index (χ4v) is 3.67. The molecule has 5 heteroatoms. The largest absolute Gasteiger partial charge is 0.486 e. The van der Waals surface area contributed by atoms with E-state index < -0.39 is 5.91 Å². The second kappa shape index (κ2) is 6.26. The molecule has 3 rings (SSSR count). The first-order valence-corrected chi connectivity index (χ1v) is 8.08. The van der Waals surface area contributed by atoms with Crippen molar-refractivity contribution in [3.05, 3.63) is 45.9 Å². The van der Waals surface area contributed by atoms with Crippen LogP contribution in [0.5, 0.6) is 5.75 Å². The van der Waals surface area contributed by atoms with Crippen molar-refractivity contribution in [3.8, 4) is 5.75 Å². The summed E-state index contributed by atoms with van der Waals surface area (Å²) in [7, 11) is 0. The standard InChI is InChI=1S/C16H18N2O2S/c17-15(19)13-7-3-4-8-14(13)20-9-12-10-21-16(18-12)11-5-1-2-6-11/h3-4,7-8,10-11H,1-2,5-6,9H2,(H2,17,19). The second-order valence-corrected chi connectivity index (χ2v) is 6.20. The van der Waals surface area contributed by atoms with E-state index in [9.17, 15) is 4.79 Å². The number of amides is 1. The molecule has 1 amide bonds. The molecular weight excluding hydrogens is 284 g/mol. The average Bonchev–Trinajstić information content (AvgIpc) is 3.16. The van der Waals surface area contributed by atoms with Crippen LogP contribution >= 0.6 is 11.3 Å². The van der Waals surface area contributed by atoms with Crippen molar-refractivity contribution >= 4 is 17.2 Å². The first kappa shape index (κ1) is 14.1. The summed E-state index contributed by atoms with van der Waals surface area (Å²) in [4.78, 5) is 16.0. The molecule has 0 unspecified atom stereocenters. The summed E-state index contributed by atoms with van der Waals surface area (Å²) in [5.74, 6) is 0.664. The molecule has 1 aliphatic rings. The SMILES string of the molecule is NC(=O)c1ccccc1OCc1csc(C2CCCC2)n1. The van der Waals surface area contributed by atoms with Crippen molar-refractivity contribution in [2.45, 2.75) is 38.2 Å². The molecule has 0 aliphatic heterocycles. The van der Waals surface area contributed by atoms with Gasteiger partial charge in [-0.1, -0.05) is 25.0 Å². The van der Waals surface area contributed by atoms with Gasteiger partial charge in [0.2, 0.25) is 0 Å². The number of nitrogens with two attached hydrogens (primary N) is 1. The number of hydrogen-bond acceptors (Lipinski definition) is 4. The number of thiazole rings is 1. The Morgan fingerprint density at radius 1 is 1.33 bits per heavy atom. The number of carbonyl (C=O) groups excluding carboxylic acids is 1. The number of hydrogen-bond donors (Lipinski definition) is 1. The minimum Gasteiger partial charge on any atom is -0.486 e. The van der Waals surface area contributed by atoms with Gasteiger partial charge in [0.25, 0.3) is 5.91 Å². The lowest BCUT2D eigenvalue weighted by Gasteiger charge is -2.08. The summed E-state index contributed by atoms with van der Waals surface area (Å²) in [6, 6.07) is 7.02. The molecule has 1 saturated carbocycles. The molecule has 4 nitrogen and oxygen atoms in total. The maximum atomic E-state index is 11.3. The molecule has 1 fully saturated rings. The predicted octanol–water partition coefficient (Wildman–Crippen LogP) is 3.48. The monoisotopic (exact) mass is 302 g/mol. The van der Waals surface area contributed by atoms with Crippen LogP contribution < -0.4 is 10.5 Å². The molecular formula is C16H18N2O2S. The number of aromatic nitrogens is 1. The molecule has 1 aliphatic carbocycles. The Balaban J connectivity index is 1.66. The lowest BCUT2D eigenvalue weighted by molar-refractivity contribution is 0.0996. The van der Waals surface area contributed by atoms with E-state index in [1.165, 1.54) is 30.7 Å². The Morgan fingerprint density at radius 2 is 2.10 bits per heavy atom. The van der Waals surface area contributed by atoms with Crippen LogP contribution in [0.2, 0.25) is 0 Å². The molecule has 110 valence electrons. The van der Waals surface area contributed by atoms with E-state index in [4.69, 9.17) is 10.5 Å². The van der Waals surface area contributed by atoms with Crippen molar-refractivity contribution in [1.29, 1.82) is 0 Å². The normalized spacial score (nSPS) is 15.2. The van der Waals surface area contributed by atoms with Crippen LogP contribution in [0.15, 0.2) is 29.6 Å². The third-order valence-electron chi connectivity index (χ3n) is 3.80. The molecule has 0 radical (unpaired) electrons. The van der Waals surface area contributed by atoms with Gasteiger partial charge in [0.05, 0.1) is 16.3 Å². The third-order valence-corrected chi connectivity index (χ3v) is 4.86. The van der Waals surface area contributed by atoms with Gasteiger partial charge in [-0.05, 0) is 25.0 Å². The maximum absolute atomic E-state index is 11.3. The number of para-hydroxylation sites is 1. The molecule has 2 N–H and O–H groups in total. The molecule has 21 heavy (non-hydrogen) atoms. The Bertz CT molecular complexity index is 633. The van der Waals surface area contributed by atoms with Crippen molar-refractivity contribution in [2.75, 3.05) is 0 Å². The first-order chi connectivity index (χ1) is 10.2. The number of primary amides is 1. The Kier molecular flexibility index (Phi) is 4.20. The molecule has 1 aromatic carbocycles. The van der Waals surface area contributed by atoms with Gasteiger partial charge in [-0.3, -0.25) is 4.79 Å². The minimum absolute atomic E-state index is 0.369. The number of rotatable bonds is 5. The van der Waals surface area contributed by atoms with E-state index in [0.29, 0.717) is 23.8 Å². The van der Waals surface area contributed by atoms with Gasteiger partial charge in [-0.2, -0.15) is 0 Å². The first-order valence-electron chi connectivity index (χ1n) is 7.20. The zero-order valence-electron chi connectivity index (χ0n) is 11.7. The fourth-order valence-electron chi connectivity index (χ4n) is 2.70. The molecule has 1 aromatic heterocycles. The van der Waals surface area contributed by atoms with Crippen LogP contribution in [0, 0.1) is 0 Å². The van der Waals surface area contributed by atoms with Gasteiger partial charge < -0.3 is 10.5 Å². The summed E-state index contributed by atoms with van der Waals surface area (Å²) in [5, 5.41) is 3.26. The maximum Gasteiger partial charge on any atom is 0.252 e. The average molecular weight is 302 g/mol. The highest BCUT2D eigenvalue weighted by molar-refractivity contribution is 7.09. The van der Waals surface area contributed by atoms with Crippen molar-refractivity contribution in [2.24, 2.45) is 5.73 Å². The lowest BCUT2D eigenvalue weighted by atomic mass is 10.1. The van der Waals surface area contributed by atoms with E-state index in [2.05, 4.69) is 4.98 Å². The van der Waals surface area contributed by atoms with Crippen LogP contribution in [-0.2, 0) is 6.61 Å². The zero-order valence-corrected chi connectivity index (χ0v) is 12.6. The Labute approximate surface area is 128 Å². The van der Waals surface area contributed by atoms with Gasteiger partial charge in [-0.25, -0.2) is 4.98 Å². The van der Waals surface area contributed by atoms with E-state index in [1.807, 2.05) is 11.4 Å². The van der Waals surface area contributed by atoms with E-state index in [1.54, 1.807) is 29.5 Å². The number of carbonyl (C=O) groups is 1. The highest BCUT2D eigenvalue weighted by Gasteiger charge is 2.20. The van der Waals surface area contributed by atoms with Crippen LogP contribution in [-0.4, -0.2) is 10.9 Å². The highest BCUT2D eigenvalue weighted by Crippen LogP contribution is 2.35. The van der Waals surface area contributed by atoms with Gasteiger partial charge in [0.15, 0.2) is 0 Å². The van der Waals surface area contributed by atoms with Gasteiger partial charge in [0, 0.05) is 11.3 Å². The van der Waals surface area contributed by atoms with E-state index >= 15 is 0 Å². The van der Waals surface area contributed by atoms with Crippen LogP contribution in [0.25, 0.3) is 0 Å². The predicted molar refractivity (Wildman–Crippen MR) is 82.6 cm³/mol. The van der Waals surface area contributed by atoms with Crippen molar-refractivity contribution in [3.63, 3.8) is 0 Å². The number of nitrogens with zero attached hydrogens (tertiary/aromatic N) is 1. The van der Waals surface area contributed by atoms with Gasteiger partial charge >= 0.3 is 0 Å². The van der Waals surface area contributed by atoms with Crippen LogP contribution in [0.3, 0.4) is 0 Å². The summed E-state index contributed by atoms with van der Waals surface area (Å²) < 4.78 is 5.70. The minimum atomic E-state index is -0.476. The summed E-state index contributed by atoms with van der Waals surface area (Å²) in [5.41, 5.74) is 6.66. The van der Waals surface area contributed by atoms with Gasteiger partial charge in [0.1, 0.15) is 12.4 Å². The molecule has 0 saturated heterocycles. The Hall–Kier alpha value is -1.88. The smallest absolute Gasteiger partial charge is 0.252 e. The number of benzene rings is 1. The van der Waals surface area contributed by atoms with Crippen LogP contribution in [0.4, 0.5) is 0 Å². The summed E-state index contributed by atoms with van der Waals surface area (Å²) in [6.07, 6.45) is 5.11. The topological polar surface area (TPSA) is 65.2 Å². The van der Waals surface area contributed by atoms with E-state index in [0.717, 1.165) is 5.69 Å². The summed E-state index contributed by atoms with van der Waals surface area (Å²) >= 11 is 1.71. The second-order valence-electron chi connectivity index (χ2n) is 5.31. The molecule has 1 heterocycles. The van der Waals surface area contributed by atoms with Crippen molar-refractivity contribution < 1.29 is 9.53 Å². The number of ether oxygens (including phenoxy) is 1. The molecule has 0 atom stereocenters. The van der Waals surface area contributed by atoms with E-state index in [-0.39, 0.29) is 0 Å². The van der Waals surface area contributed by atoms with Gasteiger partial charge in [-0.15, -0.1) is 11.3 Å². The fraction of sp³-hybridized carbons (Fsp3) is 0.375. The molecule has 2 aromatic rings. The molecule has 0 spiro atoms. The summed E-state index contributed by atoms with van der Waals surface area (Å²) in [6.45, 7) is 0.369. The van der Waals surface area contributed by atoms with Crippen LogP contribution in [0.1, 0.15) is 52.7 Å². The quantitative estimate of drug-likeness (QED) is 0.919. The molecule has 0 bridgehead atoms. The lowest BCUT2D eigenvalue weighted by Crippen LogP contribution is -2.13. The third kappa shape index (κ3) is 3.24.